The standard InChI is InChI=1S/C21H24N2O2S/c1-4-6-16-8-10-19(20(14-16)24-3)25-11-5-12-26-21-22-17-9-7-15(2)13-18(17)23-21/h4,6-10,13-14H,5,11-12H2,1-3H3,(H,22,23)/b6-4+. The molecule has 5 heteroatoms. The summed E-state index contributed by atoms with van der Waals surface area (Å²) in [6, 6.07) is 12.2. The van der Waals surface area contributed by atoms with Crippen molar-refractivity contribution in [3.63, 3.8) is 0 Å². The molecule has 1 aromatic heterocycles. The maximum atomic E-state index is 5.88. The molecule has 0 aliphatic heterocycles. The molecule has 1 heterocycles. The van der Waals surface area contributed by atoms with E-state index in [1.807, 2.05) is 37.3 Å². The number of allylic oxidation sites excluding steroid dienone is 1. The van der Waals surface area contributed by atoms with E-state index in [2.05, 4.69) is 35.1 Å². The van der Waals surface area contributed by atoms with Gasteiger partial charge in [-0.05, 0) is 55.7 Å². The third kappa shape index (κ3) is 4.61. The van der Waals surface area contributed by atoms with Gasteiger partial charge < -0.3 is 14.5 Å². The van der Waals surface area contributed by atoms with E-state index in [0.29, 0.717) is 6.61 Å². The Kier molecular flexibility index (Phi) is 6.23. The first-order valence-electron chi connectivity index (χ1n) is 8.72. The van der Waals surface area contributed by atoms with Crippen LogP contribution in [0.4, 0.5) is 0 Å². The van der Waals surface area contributed by atoms with E-state index in [9.17, 15) is 0 Å². The van der Waals surface area contributed by atoms with E-state index < -0.39 is 0 Å². The van der Waals surface area contributed by atoms with Crippen LogP contribution in [0, 0.1) is 6.92 Å². The molecular formula is C21H24N2O2S. The first-order chi connectivity index (χ1) is 12.7. The number of hydrogen-bond acceptors (Lipinski definition) is 4. The number of rotatable bonds is 8. The van der Waals surface area contributed by atoms with Gasteiger partial charge in [-0.25, -0.2) is 4.98 Å². The predicted octanol–water partition coefficient (Wildman–Crippen LogP) is 5.47. The van der Waals surface area contributed by atoms with Crippen LogP contribution in [0.3, 0.4) is 0 Å². The van der Waals surface area contributed by atoms with E-state index >= 15 is 0 Å². The average molecular weight is 369 g/mol. The number of aromatic nitrogens is 2. The first kappa shape index (κ1) is 18.4. The molecule has 26 heavy (non-hydrogen) atoms. The molecule has 3 aromatic rings. The van der Waals surface area contributed by atoms with Crippen molar-refractivity contribution in [3.8, 4) is 11.5 Å². The van der Waals surface area contributed by atoms with Crippen LogP contribution >= 0.6 is 11.8 Å². The molecular weight excluding hydrogens is 344 g/mol. The Hall–Kier alpha value is -2.40. The number of ether oxygens (including phenoxy) is 2. The molecule has 3 rings (SSSR count). The van der Waals surface area contributed by atoms with Crippen LogP contribution in [-0.2, 0) is 0 Å². The minimum Gasteiger partial charge on any atom is -0.493 e. The molecule has 0 saturated carbocycles. The Morgan fingerprint density at radius 1 is 1.15 bits per heavy atom. The van der Waals surface area contributed by atoms with Crippen LogP contribution in [0.25, 0.3) is 17.1 Å². The van der Waals surface area contributed by atoms with Gasteiger partial charge in [0.1, 0.15) is 0 Å². The van der Waals surface area contributed by atoms with Crippen molar-refractivity contribution in [3.05, 3.63) is 53.6 Å². The molecule has 2 aromatic carbocycles. The zero-order chi connectivity index (χ0) is 18.4. The highest BCUT2D eigenvalue weighted by molar-refractivity contribution is 7.99. The van der Waals surface area contributed by atoms with Gasteiger partial charge in [0.25, 0.3) is 0 Å². The molecule has 136 valence electrons. The molecule has 0 saturated heterocycles. The summed E-state index contributed by atoms with van der Waals surface area (Å²) in [5.74, 6) is 2.49. The van der Waals surface area contributed by atoms with Gasteiger partial charge in [-0.3, -0.25) is 0 Å². The molecule has 0 fully saturated rings. The molecule has 0 spiro atoms. The monoisotopic (exact) mass is 368 g/mol. The molecule has 0 atom stereocenters. The minimum atomic E-state index is 0.645. The summed E-state index contributed by atoms with van der Waals surface area (Å²) in [6.45, 7) is 4.73. The van der Waals surface area contributed by atoms with E-state index in [1.54, 1.807) is 18.9 Å². The molecule has 0 bridgehead atoms. The van der Waals surface area contributed by atoms with Crippen molar-refractivity contribution in [1.29, 1.82) is 0 Å². The van der Waals surface area contributed by atoms with Gasteiger partial charge in [0.15, 0.2) is 16.7 Å². The third-order valence-electron chi connectivity index (χ3n) is 3.95. The first-order valence-corrected chi connectivity index (χ1v) is 9.71. The van der Waals surface area contributed by atoms with Gasteiger partial charge in [-0.1, -0.05) is 36.0 Å². The Morgan fingerprint density at radius 2 is 2.04 bits per heavy atom. The second-order valence-electron chi connectivity index (χ2n) is 6.02. The number of aryl methyl sites for hydroxylation is 1. The lowest BCUT2D eigenvalue weighted by Crippen LogP contribution is -2.00. The number of benzene rings is 2. The van der Waals surface area contributed by atoms with Crippen molar-refractivity contribution in [2.24, 2.45) is 0 Å². The van der Waals surface area contributed by atoms with E-state index in [4.69, 9.17) is 9.47 Å². The normalized spacial score (nSPS) is 11.3. The molecule has 0 amide bonds. The maximum Gasteiger partial charge on any atom is 0.166 e. The van der Waals surface area contributed by atoms with E-state index in [1.165, 1.54) is 5.56 Å². The third-order valence-corrected chi connectivity index (χ3v) is 4.91. The molecule has 1 N–H and O–H groups in total. The average Bonchev–Trinajstić information content (AvgIpc) is 3.04. The molecule has 0 radical (unpaired) electrons. The summed E-state index contributed by atoms with van der Waals surface area (Å²) < 4.78 is 11.3. The van der Waals surface area contributed by atoms with Crippen molar-refractivity contribution in [1.82, 2.24) is 9.97 Å². The van der Waals surface area contributed by atoms with Crippen molar-refractivity contribution < 1.29 is 9.47 Å². The maximum absolute atomic E-state index is 5.88. The summed E-state index contributed by atoms with van der Waals surface area (Å²) >= 11 is 1.72. The number of thioether (sulfide) groups is 1. The van der Waals surface area contributed by atoms with Crippen LogP contribution in [-0.4, -0.2) is 29.4 Å². The number of fused-ring (bicyclic) bond motifs is 1. The summed E-state index contributed by atoms with van der Waals surface area (Å²) in [6.07, 6.45) is 4.98. The number of nitrogens with zero attached hydrogens (tertiary/aromatic N) is 1. The van der Waals surface area contributed by atoms with Crippen LogP contribution < -0.4 is 9.47 Å². The Balaban J connectivity index is 1.49. The van der Waals surface area contributed by atoms with Crippen molar-refractivity contribution >= 4 is 28.9 Å². The fourth-order valence-corrected chi connectivity index (χ4v) is 3.48. The largest absolute Gasteiger partial charge is 0.493 e. The zero-order valence-corrected chi connectivity index (χ0v) is 16.2. The summed E-state index contributed by atoms with van der Waals surface area (Å²) in [7, 11) is 1.67. The fourth-order valence-electron chi connectivity index (χ4n) is 2.68. The number of aromatic amines is 1. The number of methoxy groups -OCH3 is 1. The molecule has 0 aliphatic rings. The lowest BCUT2D eigenvalue weighted by atomic mass is 10.2. The van der Waals surface area contributed by atoms with Gasteiger partial charge in [0.2, 0.25) is 0 Å². The summed E-state index contributed by atoms with van der Waals surface area (Å²) in [4.78, 5) is 7.97. The highest BCUT2D eigenvalue weighted by atomic mass is 32.2. The number of imidazole rings is 1. The number of nitrogens with one attached hydrogen (secondary N) is 1. The van der Waals surface area contributed by atoms with E-state index in [-0.39, 0.29) is 0 Å². The molecule has 4 nitrogen and oxygen atoms in total. The van der Waals surface area contributed by atoms with Gasteiger partial charge in [0.05, 0.1) is 24.8 Å². The second kappa shape index (κ2) is 8.81. The fraction of sp³-hybridized carbons (Fsp3) is 0.286. The Bertz CT molecular complexity index is 902. The number of hydrogen-bond donors (Lipinski definition) is 1. The SMILES string of the molecule is C/C=C/c1ccc(OCCCSc2nc3ccc(C)cc3[nH]2)c(OC)c1. The van der Waals surface area contributed by atoms with Crippen LogP contribution in [0.1, 0.15) is 24.5 Å². The van der Waals surface area contributed by atoms with E-state index in [0.717, 1.165) is 45.4 Å². The summed E-state index contributed by atoms with van der Waals surface area (Å²) in [5, 5.41) is 0.957. The molecule has 0 unspecified atom stereocenters. The van der Waals surface area contributed by atoms with Crippen LogP contribution in [0.2, 0.25) is 0 Å². The lowest BCUT2D eigenvalue weighted by Gasteiger charge is -2.11. The Morgan fingerprint density at radius 3 is 2.85 bits per heavy atom. The summed E-state index contributed by atoms with van der Waals surface area (Å²) in [5.41, 5.74) is 4.45. The van der Waals surface area contributed by atoms with Gasteiger partial charge in [0, 0.05) is 5.75 Å². The lowest BCUT2D eigenvalue weighted by molar-refractivity contribution is 0.295. The smallest absolute Gasteiger partial charge is 0.166 e. The highest BCUT2D eigenvalue weighted by Crippen LogP contribution is 2.29. The van der Waals surface area contributed by atoms with Crippen LogP contribution in [0.5, 0.6) is 11.5 Å². The molecule has 0 aliphatic carbocycles. The quantitative estimate of drug-likeness (QED) is 0.423. The minimum absolute atomic E-state index is 0.645. The number of H-pyrrole nitrogens is 1. The van der Waals surface area contributed by atoms with Gasteiger partial charge >= 0.3 is 0 Å². The predicted molar refractivity (Wildman–Crippen MR) is 109 cm³/mol. The topological polar surface area (TPSA) is 47.1 Å². The zero-order valence-electron chi connectivity index (χ0n) is 15.4. The van der Waals surface area contributed by atoms with Crippen molar-refractivity contribution in [2.45, 2.75) is 25.4 Å². The van der Waals surface area contributed by atoms with Gasteiger partial charge in [-0.15, -0.1) is 0 Å². The van der Waals surface area contributed by atoms with Crippen LogP contribution in [0.15, 0.2) is 47.6 Å². The Labute approximate surface area is 158 Å². The second-order valence-corrected chi connectivity index (χ2v) is 7.11. The van der Waals surface area contributed by atoms with Gasteiger partial charge in [-0.2, -0.15) is 0 Å². The van der Waals surface area contributed by atoms with Crippen molar-refractivity contribution in [2.75, 3.05) is 19.5 Å². The highest BCUT2D eigenvalue weighted by Gasteiger charge is 2.06.